The van der Waals surface area contributed by atoms with Crippen molar-refractivity contribution in [2.75, 3.05) is 31.6 Å². The first-order valence-electron chi connectivity index (χ1n) is 7.92. The Labute approximate surface area is 130 Å². The van der Waals surface area contributed by atoms with Crippen LogP contribution in [0.4, 0.5) is 5.82 Å². The van der Waals surface area contributed by atoms with Crippen LogP contribution in [0.15, 0.2) is 6.07 Å². The summed E-state index contributed by atoms with van der Waals surface area (Å²) in [7, 11) is 0. The number of aromatic nitrogens is 2. The minimum atomic E-state index is 0.234. The van der Waals surface area contributed by atoms with E-state index in [1.807, 2.05) is 0 Å². The van der Waals surface area contributed by atoms with Crippen molar-refractivity contribution in [2.45, 2.75) is 43.7 Å². The van der Waals surface area contributed by atoms with Gasteiger partial charge in [0.1, 0.15) is 16.8 Å². The van der Waals surface area contributed by atoms with Crippen molar-refractivity contribution in [3.05, 3.63) is 17.0 Å². The lowest BCUT2D eigenvalue weighted by Gasteiger charge is -2.35. The van der Waals surface area contributed by atoms with Crippen LogP contribution in [0.1, 0.15) is 37.4 Å². The Morgan fingerprint density at radius 1 is 1.33 bits per heavy atom. The number of rotatable bonds is 4. The SMILES string of the molecule is Clc1cc(NCC2CN3CCCC3CO2)nc(C2CC2)n1. The summed E-state index contributed by atoms with van der Waals surface area (Å²) >= 11 is 6.09. The van der Waals surface area contributed by atoms with Crippen LogP contribution in [0.5, 0.6) is 0 Å². The van der Waals surface area contributed by atoms with Crippen LogP contribution >= 0.6 is 11.6 Å². The normalized spacial score (nSPS) is 29.4. The number of hydrogen-bond acceptors (Lipinski definition) is 5. The van der Waals surface area contributed by atoms with Crippen molar-refractivity contribution >= 4 is 17.4 Å². The summed E-state index contributed by atoms with van der Waals surface area (Å²) in [4.78, 5) is 11.4. The van der Waals surface area contributed by atoms with E-state index in [2.05, 4.69) is 20.2 Å². The minimum Gasteiger partial charge on any atom is -0.373 e. The fourth-order valence-electron chi connectivity index (χ4n) is 3.28. The zero-order valence-corrected chi connectivity index (χ0v) is 12.9. The van der Waals surface area contributed by atoms with Gasteiger partial charge in [0.2, 0.25) is 0 Å². The van der Waals surface area contributed by atoms with Crippen LogP contribution in [0.25, 0.3) is 0 Å². The molecule has 3 aliphatic rings. The second kappa shape index (κ2) is 5.71. The van der Waals surface area contributed by atoms with Crippen LogP contribution in [0, 0.1) is 0 Å². The smallest absolute Gasteiger partial charge is 0.135 e. The van der Waals surface area contributed by atoms with E-state index < -0.39 is 0 Å². The van der Waals surface area contributed by atoms with Crippen molar-refractivity contribution in [3.8, 4) is 0 Å². The van der Waals surface area contributed by atoms with E-state index in [-0.39, 0.29) is 6.10 Å². The minimum absolute atomic E-state index is 0.234. The molecule has 2 aliphatic heterocycles. The van der Waals surface area contributed by atoms with E-state index in [0.29, 0.717) is 17.1 Å². The molecule has 2 unspecified atom stereocenters. The summed E-state index contributed by atoms with van der Waals surface area (Å²) in [5.74, 6) is 2.22. The van der Waals surface area contributed by atoms with Crippen molar-refractivity contribution in [1.82, 2.24) is 14.9 Å². The number of nitrogens with zero attached hydrogens (tertiary/aromatic N) is 3. The van der Waals surface area contributed by atoms with E-state index >= 15 is 0 Å². The third kappa shape index (κ3) is 3.15. The highest BCUT2D eigenvalue weighted by molar-refractivity contribution is 6.29. The molecule has 0 radical (unpaired) electrons. The predicted octanol–water partition coefficient (Wildman–Crippen LogP) is 2.28. The Bertz CT molecular complexity index is 522. The maximum absolute atomic E-state index is 6.09. The molecule has 1 N–H and O–H groups in total. The lowest BCUT2D eigenvalue weighted by molar-refractivity contribution is -0.0416. The molecular weight excluding hydrogens is 288 g/mol. The molecule has 6 heteroatoms. The van der Waals surface area contributed by atoms with Crippen LogP contribution in [-0.2, 0) is 4.74 Å². The molecule has 1 aliphatic carbocycles. The Morgan fingerprint density at radius 3 is 3.10 bits per heavy atom. The van der Waals surface area contributed by atoms with Gasteiger partial charge in [-0.1, -0.05) is 11.6 Å². The monoisotopic (exact) mass is 308 g/mol. The van der Waals surface area contributed by atoms with Gasteiger partial charge in [0.15, 0.2) is 0 Å². The second-order valence-corrected chi connectivity index (χ2v) is 6.72. The Balaban J connectivity index is 1.36. The highest BCUT2D eigenvalue weighted by Gasteiger charge is 2.32. The summed E-state index contributed by atoms with van der Waals surface area (Å²) in [5.41, 5.74) is 0. The van der Waals surface area contributed by atoms with Gasteiger partial charge in [-0.05, 0) is 32.2 Å². The summed E-state index contributed by atoms with van der Waals surface area (Å²) in [6, 6.07) is 2.45. The third-order valence-electron chi connectivity index (χ3n) is 4.63. The average molecular weight is 309 g/mol. The molecule has 3 heterocycles. The van der Waals surface area contributed by atoms with Gasteiger partial charge < -0.3 is 10.1 Å². The number of hydrogen-bond donors (Lipinski definition) is 1. The van der Waals surface area contributed by atoms with Gasteiger partial charge >= 0.3 is 0 Å². The number of nitrogens with one attached hydrogen (secondary N) is 1. The molecule has 3 fully saturated rings. The number of anilines is 1. The molecular formula is C15H21ClN4O. The van der Waals surface area contributed by atoms with E-state index in [0.717, 1.165) is 31.3 Å². The van der Waals surface area contributed by atoms with Gasteiger partial charge in [-0.15, -0.1) is 0 Å². The highest BCUT2D eigenvalue weighted by atomic mass is 35.5. The molecule has 0 spiro atoms. The summed E-state index contributed by atoms with van der Waals surface area (Å²) in [6.07, 6.45) is 5.19. The fourth-order valence-corrected chi connectivity index (χ4v) is 3.47. The van der Waals surface area contributed by atoms with E-state index in [9.17, 15) is 0 Å². The summed E-state index contributed by atoms with van der Waals surface area (Å²) in [5, 5.41) is 3.90. The highest BCUT2D eigenvalue weighted by Crippen LogP contribution is 2.38. The van der Waals surface area contributed by atoms with Gasteiger partial charge in [-0.2, -0.15) is 0 Å². The first-order valence-corrected chi connectivity index (χ1v) is 8.30. The van der Waals surface area contributed by atoms with Gasteiger partial charge in [-0.3, -0.25) is 4.90 Å². The molecule has 4 rings (SSSR count). The zero-order chi connectivity index (χ0) is 14.2. The molecule has 0 bridgehead atoms. The van der Waals surface area contributed by atoms with Gasteiger partial charge in [0.05, 0.1) is 12.7 Å². The van der Waals surface area contributed by atoms with Crippen LogP contribution in [0.3, 0.4) is 0 Å². The van der Waals surface area contributed by atoms with Crippen LogP contribution < -0.4 is 5.32 Å². The Hall–Kier alpha value is -0.910. The molecule has 1 aromatic heterocycles. The first kappa shape index (κ1) is 13.7. The van der Waals surface area contributed by atoms with Crippen LogP contribution in [-0.4, -0.2) is 53.3 Å². The fraction of sp³-hybridized carbons (Fsp3) is 0.733. The Morgan fingerprint density at radius 2 is 2.24 bits per heavy atom. The molecule has 2 saturated heterocycles. The van der Waals surface area contributed by atoms with Gasteiger partial charge in [0, 0.05) is 31.1 Å². The van der Waals surface area contributed by atoms with E-state index in [1.54, 1.807) is 6.07 Å². The maximum Gasteiger partial charge on any atom is 0.135 e. The largest absolute Gasteiger partial charge is 0.373 e. The number of morpholine rings is 1. The van der Waals surface area contributed by atoms with E-state index in [1.165, 1.54) is 32.2 Å². The summed E-state index contributed by atoms with van der Waals surface area (Å²) < 4.78 is 5.95. The van der Waals surface area contributed by atoms with Crippen molar-refractivity contribution in [2.24, 2.45) is 0 Å². The lowest BCUT2D eigenvalue weighted by atomic mass is 10.2. The van der Waals surface area contributed by atoms with Gasteiger partial charge in [-0.25, -0.2) is 9.97 Å². The molecule has 5 nitrogen and oxygen atoms in total. The van der Waals surface area contributed by atoms with Crippen LogP contribution in [0.2, 0.25) is 5.15 Å². The topological polar surface area (TPSA) is 50.3 Å². The quantitative estimate of drug-likeness (QED) is 0.865. The molecule has 21 heavy (non-hydrogen) atoms. The zero-order valence-electron chi connectivity index (χ0n) is 12.1. The molecule has 1 aromatic rings. The molecule has 1 saturated carbocycles. The Kier molecular flexibility index (Phi) is 3.73. The first-order chi connectivity index (χ1) is 10.3. The van der Waals surface area contributed by atoms with Crippen molar-refractivity contribution < 1.29 is 4.74 Å². The second-order valence-electron chi connectivity index (χ2n) is 6.34. The van der Waals surface area contributed by atoms with Crippen molar-refractivity contribution in [3.63, 3.8) is 0 Å². The number of ether oxygens (including phenoxy) is 1. The van der Waals surface area contributed by atoms with Gasteiger partial charge in [0.25, 0.3) is 0 Å². The molecule has 0 amide bonds. The molecule has 0 aromatic carbocycles. The predicted molar refractivity (Wildman–Crippen MR) is 81.8 cm³/mol. The molecule has 114 valence electrons. The maximum atomic E-state index is 6.09. The van der Waals surface area contributed by atoms with E-state index in [4.69, 9.17) is 16.3 Å². The standard InChI is InChI=1S/C15H21ClN4O/c16-13-6-14(19-15(18-13)10-3-4-10)17-7-12-8-20-5-1-2-11(20)9-21-12/h6,10-12H,1-5,7-9H2,(H,17,18,19). The average Bonchev–Trinajstić information content (AvgIpc) is 3.23. The molecule has 2 atom stereocenters. The third-order valence-corrected chi connectivity index (χ3v) is 4.82. The lowest BCUT2D eigenvalue weighted by Crippen LogP contribution is -2.48. The summed E-state index contributed by atoms with van der Waals surface area (Å²) in [6.45, 7) is 3.88. The van der Waals surface area contributed by atoms with Crippen molar-refractivity contribution in [1.29, 1.82) is 0 Å². The number of halogens is 1. The number of fused-ring (bicyclic) bond motifs is 1.